The molecule has 0 aromatic carbocycles. The fraction of sp³-hybridized carbons (Fsp3) is 0.727. The summed E-state index contributed by atoms with van der Waals surface area (Å²) < 4.78 is 8.86. The fourth-order valence-electron chi connectivity index (χ4n) is 1.22. The summed E-state index contributed by atoms with van der Waals surface area (Å²) in [5, 5.41) is 4.49. The van der Waals surface area contributed by atoms with Gasteiger partial charge in [0, 0.05) is 12.7 Å². The van der Waals surface area contributed by atoms with Gasteiger partial charge in [0.1, 0.15) is 5.69 Å². The molecule has 1 rings (SSSR count). The van der Waals surface area contributed by atoms with Gasteiger partial charge in [0.25, 0.3) is 0 Å². The predicted molar refractivity (Wildman–Crippen MR) is 69.8 cm³/mol. The van der Waals surface area contributed by atoms with Gasteiger partial charge in [-0.3, -0.25) is 4.68 Å². The smallest absolute Gasteiger partial charge is 0.101 e. The zero-order valence-electron chi connectivity index (χ0n) is 9.66. The first-order chi connectivity index (χ1) is 7.17. The molecule has 0 aliphatic carbocycles. The van der Waals surface area contributed by atoms with Crippen LogP contribution >= 0.6 is 22.6 Å². The van der Waals surface area contributed by atoms with Crippen molar-refractivity contribution in [3.05, 3.63) is 15.5 Å². The Kier molecular flexibility index (Phi) is 5.60. The standard InChI is InChI=1S/C11H19IN2O/c1-4-6-14-7-10(12)11(13-14)8-15-9(3)5-2/h7,9H,4-6,8H2,1-3H3. The minimum absolute atomic E-state index is 0.317. The Morgan fingerprint density at radius 3 is 2.87 bits per heavy atom. The van der Waals surface area contributed by atoms with E-state index in [2.05, 4.69) is 54.7 Å². The SMILES string of the molecule is CCCn1cc(I)c(COC(C)CC)n1. The highest BCUT2D eigenvalue weighted by Gasteiger charge is 2.07. The zero-order valence-corrected chi connectivity index (χ0v) is 11.8. The van der Waals surface area contributed by atoms with Crippen molar-refractivity contribution in [1.29, 1.82) is 0 Å². The van der Waals surface area contributed by atoms with Gasteiger partial charge in [-0.05, 0) is 42.4 Å². The molecule has 0 radical (unpaired) electrons. The molecule has 4 heteroatoms. The molecule has 1 heterocycles. The molecule has 3 nitrogen and oxygen atoms in total. The average Bonchev–Trinajstić information content (AvgIpc) is 2.56. The Hall–Kier alpha value is -0.100. The first kappa shape index (κ1) is 13.0. The van der Waals surface area contributed by atoms with Crippen LogP contribution in [0, 0.1) is 3.57 Å². The third kappa shape index (κ3) is 4.10. The van der Waals surface area contributed by atoms with Crippen molar-refractivity contribution in [3.63, 3.8) is 0 Å². The van der Waals surface area contributed by atoms with E-state index in [4.69, 9.17) is 4.74 Å². The molecule has 1 aromatic rings. The summed E-state index contributed by atoms with van der Waals surface area (Å²) in [6.07, 6.45) is 4.56. The van der Waals surface area contributed by atoms with E-state index in [1.165, 1.54) is 3.57 Å². The van der Waals surface area contributed by atoms with Crippen LogP contribution in [0.2, 0.25) is 0 Å². The number of hydrogen-bond acceptors (Lipinski definition) is 2. The Bertz CT molecular complexity index is 299. The van der Waals surface area contributed by atoms with E-state index in [-0.39, 0.29) is 0 Å². The van der Waals surface area contributed by atoms with Gasteiger partial charge >= 0.3 is 0 Å². The van der Waals surface area contributed by atoms with Gasteiger partial charge in [-0.2, -0.15) is 5.10 Å². The zero-order chi connectivity index (χ0) is 11.3. The lowest BCUT2D eigenvalue weighted by atomic mass is 10.3. The van der Waals surface area contributed by atoms with E-state index in [0.29, 0.717) is 12.7 Å². The highest BCUT2D eigenvalue weighted by molar-refractivity contribution is 14.1. The molecule has 0 N–H and O–H groups in total. The molecule has 0 saturated carbocycles. The number of aromatic nitrogens is 2. The summed E-state index contributed by atoms with van der Waals surface area (Å²) in [7, 11) is 0. The molecule has 0 aliphatic rings. The Morgan fingerprint density at radius 2 is 2.27 bits per heavy atom. The molecular formula is C11H19IN2O. The minimum atomic E-state index is 0.317. The largest absolute Gasteiger partial charge is 0.372 e. The molecule has 0 spiro atoms. The summed E-state index contributed by atoms with van der Waals surface area (Å²) in [4.78, 5) is 0. The lowest BCUT2D eigenvalue weighted by Gasteiger charge is -2.08. The molecule has 0 saturated heterocycles. The topological polar surface area (TPSA) is 27.1 Å². The van der Waals surface area contributed by atoms with Gasteiger partial charge in [-0.1, -0.05) is 13.8 Å². The number of ether oxygens (including phenoxy) is 1. The lowest BCUT2D eigenvalue weighted by molar-refractivity contribution is 0.0482. The molecule has 1 unspecified atom stereocenters. The maximum absolute atomic E-state index is 5.67. The first-order valence-electron chi connectivity index (χ1n) is 5.50. The van der Waals surface area contributed by atoms with Crippen LogP contribution in [0.1, 0.15) is 39.3 Å². The van der Waals surface area contributed by atoms with Crippen LogP contribution in [-0.2, 0) is 17.9 Å². The van der Waals surface area contributed by atoms with Gasteiger partial charge in [-0.25, -0.2) is 0 Å². The molecule has 1 aromatic heterocycles. The van der Waals surface area contributed by atoms with Gasteiger partial charge in [0.05, 0.1) is 16.3 Å². The molecule has 0 amide bonds. The van der Waals surface area contributed by atoms with Crippen molar-refractivity contribution in [1.82, 2.24) is 9.78 Å². The highest BCUT2D eigenvalue weighted by Crippen LogP contribution is 2.13. The number of hydrogen-bond donors (Lipinski definition) is 0. The van der Waals surface area contributed by atoms with Crippen LogP contribution in [0.25, 0.3) is 0 Å². The van der Waals surface area contributed by atoms with E-state index in [0.717, 1.165) is 25.1 Å². The maximum Gasteiger partial charge on any atom is 0.101 e. The number of rotatable bonds is 6. The van der Waals surface area contributed by atoms with Crippen LogP contribution in [0.3, 0.4) is 0 Å². The summed E-state index contributed by atoms with van der Waals surface area (Å²) in [5.74, 6) is 0. The van der Waals surface area contributed by atoms with Gasteiger partial charge in [-0.15, -0.1) is 0 Å². The first-order valence-corrected chi connectivity index (χ1v) is 6.58. The van der Waals surface area contributed by atoms with Gasteiger partial charge in [0.15, 0.2) is 0 Å². The molecule has 0 aliphatic heterocycles. The van der Waals surface area contributed by atoms with Crippen molar-refractivity contribution in [2.45, 2.75) is 52.9 Å². The second kappa shape index (κ2) is 6.48. The Labute approximate surface area is 105 Å². The highest BCUT2D eigenvalue weighted by atomic mass is 127. The quantitative estimate of drug-likeness (QED) is 0.752. The van der Waals surface area contributed by atoms with Gasteiger partial charge < -0.3 is 4.74 Å². The number of aryl methyl sites for hydroxylation is 1. The van der Waals surface area contributed by atoms with Crippen molar-refractivity contribution in [3.8, 4) is 0 Å². The van der Waals surface area contributed by atoms with Crippen LogP contribution in [0.15, 0.2) is 6.20 Å². The van der Waals surface area contributed by atoms with Crippen LogP contribution in [0.4, 0.5) is 0 Å². The summed E-state index contributed by atoms with van der Waals surface area (Å²) >= 11 is 2.32. The normalized spacial score (nSPS) is 13.1. The van der Waals surface area contributed by atoms with Crippen molar-refractivity contribution < 1.29 is 4.74 Å². The van der Waals surface area contributed by atoms with E-state index in [1.54, 1.807) is 0 Å². The summed E-state index contributed by atoms with van der Waals surface area (Å²) in [5.41, 5.74) is 1.06. The van der Waals surface area contributed by atoms with Crippen LogP contribution in [-0.4, -0.2) is 15.9 Å². The van der Waals surface area contributed by atoms with Crippen molar-refractivity contribution in [2.24, 2.45) is 0 Å². The molecule has 86 valence electrons. The minimum Gasteiger partial charge on any atom is -0.372 e. The van der Waals surface area contributed by atoms with Crippen LogP contribution in [0.5, 0.6) is 0 Å². The second-order valence-electron chi connectivity index (χ2n) is 3.72. The molecule has 15 heavy (non-hydrogen) atoms. The summed E-state index contributed by atoms with van der Waals surface area (Å²) in [6, 6.07) is 0. The third-order valence-corrected chi connectivity index (χ3v) is 3.22. The van der Waals surface area contributed by atoms with Gasteiger partial charge in [0.2, 0.25) is 0 Å². The van der Waals surface area contributed by atoms with Crippen LogP contribution < -0.4 is 0 Å². The predicted octanol–water partition coefficient (Wildman–Crippen LogP) is 3.21. The Balaban J connectivity index is 2.53. The monoisotopic (exact) mass is 322 g/mol. The number of nitrogens with zero attached hydrogens (tertiary/aromatic N) is 2. The molecule has 0 bridgehead atoms. The summed E-state index contributed by atoms with van der Waals surface area (Å²) in [6.45, 7) is 7.99. The molecule has 0 fully saturated rings. The second-order valence-corrected chi connectivity index (χ2v) is 4.88. The molecule has 1 atom stereocenters. The number of halogens is 1. The lowest BCUT2D eigenvalue weighted by Crippen LogP contribution is -2.07. The van der Waals surface area contributed by atoms with Crippen molar-refractivity contribution in [2.75, 3.05) is 0 Å². The van der Waals surface area contributed by atoms with E-state index < -0.39 is 0 Å². The third-order valence-electron chi connectivity index (χ3n) is 2.32. The van der Waals surface area contributed by atoms with E-state index in [1.807, 2.05) is 4.68 Å². The van der Waals surface area contributed by atoms with E-state index >= 15 is 0 Å². The van der Waals surface area contributed by atoms with Crippen molar-refractivity contribution >= 4 is 22.6 Å². The maximum atomic E-state index is 5.67. The average molecular weight is 322 g/mol. The Morgan fingerprint density at radius 1 is 1.53 bits per heavy atom. The van der Waals surface area contributed by atoms with E-state index in [9.17, 15) is 0 Å². The molecular weight excluding hydrogens is 303 g/mol. The fourth-order valence-corrected chi connectivity index (χ4v) is 1.80.